The Labute approximate surface area is 158 Å². The Balaban J connectivity index is 1.79. The van der Waals surface area contributed by atoms with Crippen molar-refractivity contribution in [2.75, 3.05) is 38.2 Å². The van der Waals surface area contributed by atoms with Gasteiger partial charge in [-0.05, 0) is 36.8 Å². The summed E-state index contributed by atoms with van der Waals surface area (Å²) in [6.45, 7) is 3.38. The van der Waals surface area contributed by atoms with E-state index in [1.54, 1.807) is 25.1 Å². The second-order valence-corrected chi connectivity index (χ2v) is 8.46. The number of sulfonamides is 1. The number of hydrogen-bond acceptors (Lipinski definition) is 4. The number of methoxy groups -OCH3 is 1. The fourth-order valence-electron chi connectivity index (χ4n) is 3.07. The topological polar surface area (TPSA) is 49.9 Å². The van der Waals surface area contributed by atoms with Crippen LogP contribution in [0.2, 0.25) is 5.02 Å². The molecular weight excluding hydrogens is 379 g/mol. The lowest BCUT2D eigenvalue weighted by molar-refractivity contribution is 0.377. The molecule has 0 bridgehead atoms. The molecule has 0 radical (unpaired) electrons. The highest BCUT2D eigenvalue weighted by Gasteiger charge is 2.30. The first-order chi connectivity index (χ1) is 12.3. The van der Waals surface area contributed by atoms with Crippen molar-refractivity contribution in [1.29, 1.82) is 0 Å². The van der Waals surface area contributed by atoms with Crippen molar-refractivity contribution in [1.82, 2.24) is 4.31 Å². The molecule has 1 aliphatic heterocycles. The van der Waals surface area contributed by atoms with E-state index in [1.807, 2.05) is 4.90 Å². The molecule has 0 unspecified atom stereocenters. The highest BCUT2D eigenvalue weighted by molar-refractivity contribution is 7.89. The van der Waals surface area contributed by atoms with E-state index in [-0.39, 0.29) is 10.7 Å². The van der Waals surface area contributed by atoms with E-state index in [0.717, 1.165) is 5.69 Å². The molecule has 1 fully saturated rings. The molecule has 8 heteroatoms. The molecule has 0 atom stereocenters. The summed E-state index contributed by atoms with van der Waals surface area (Å²) >= 11 is 5.98. The van der Waals surface area contributed by atoms with Crippen molar-refractivity contribution < 1.29 is 17.5 Å². The van der Waals surface area contributed by atoms with Gasteiger partial charge in [-0.25, -0.2) is 12.8 Å². The Bertz CT molecular complexity index is 913. The lowest BCUT2D eigenvalue weighted by Gasteiger charge is -2.36. The van der Waals surface area contributed by atoms with E-state index < -0.39 is 10.0 Å². The average Bonchev–Trinajstić information content (AvgIpc) is 2.63. The maximum absolute atomic E-state index is 13.4. The van der Waals surface area contributed by atoms with Crippen molar-refractivity contribution in [2.24, 2.45) is 0 Å². The minimum absolute atomic E-state index is 0.234. The second-order valence-electron chi connectivity index (χ2n) is 6.12. The Morgan fingerprint density at radius 2 is 1.77 bits per heavy atom. The number of anilines is 1. The van der Waals surface area contributed by atoms with Gasteiger partial charge in [0.15, 0.2) is 0 Å². The molecule has 0 saturated carbocycles. The van der Waals surface area contributed by atoms with Gasteiger partial charge in [-0.15, -0.1) is 0 Å². The van der Waals surface area contributed by atoms with Crippen LogP contribution in [0.1, 0.15) is 5.56 Å². The average molecular weight is 399 g/mol. The van der Waals surface area contributed by atoms with Gasteiger partial charge in [0.05, 0.1) is 17.7 Å². The van der Waals surface area contributed by atoms with Crippen LogP contribution in [0.4, 0.5) is 10.1 Å². The number of nitrogens with zero attached hydrogens (tertiary/aromatic N) is 2. The van der Waals surface area contributed by atoms with Crippen LogP contribution < -0.4 is 9.64 Å². The summed E-state index contributed by atoms with van der Waals surface area (Å²) in [5.41, 5.74) is 1.42. The van der Waals surface area contributed by atoms with E-state index in [9.17, 15) is 12.8 Å². The summed E-state index contributed by atoms with van der Waals surface area (Å²) in [6.07, 6.45) is 0. The Hall–Kier alpha value is -1.83. The summed E-state index contributed by atoms with van der Waals surface area (Å²) < 4.78 is 46.0. The zero-order chi connectivity index (χ0) is 18.9. The van der Waals surface area contributed by atoms with Crippen molar-refractivity contribution in [2.45, 2.75) is 11.8 Å². The third-order valence-electron chi connectivity index (χ3n) is 4.49. The van der Waals surface area contributed by atoms with Crippen molar-refractivity contribution in [3.8, 4) is 5.75 Å². The Kier molecular flexibility index (Phi) is 5.41. The largest absolute Gasteiger partial charge is 0.494 e. The first kappa shape index (κ1) is 18.9. The first-order valence-corrected chi connectivity index (χ1v) is 9.99. The predicted molar refractivity (Wildman–Crippen MR) is 100 cm³/mol. The van der Waals surface area contributed by atoms with Gasteiger partial charge in [-0.2, -0.15) is 4.31 Å². The molecule has 1 aliphatic rings. The fraction of sp³-hybridized carbons (Fsp3) is 0.333. The van der Waals surface area contributed by atoms with Gasteiger partial charge in [0.1, 0.15) is 11.6 Å². The lowest BCUT2D eigenvalue weighted by atomic mass is 10.2. The van der Waals surface area contributed by atoms with Gasteiger partial charge in [-0.1, -0.05) is 17.7 Å². The first-order valence-electron chi connectivity index (χ1n) is 8.17. The van der Waals surface area contributed by atoms with Crippen LogP contribution in [0.3, 0.4) is 0 Å². The summed E-state index contributed by atoms with van der Waals surface area (Å²) in [6, 6.07) is 9.22. The summed E-state index contributed by atoms with van der Waals surface area (Å²) in [5, 5.41) is 0.392. The molecule has 0 aliphatic carbocycles. The summed E-state index contributed by atoms with van der Waals surface area (Å²) in [5.74, 6) is 0.0650. The van der Waals surface area contributed by atoms with Crippen LogP contribution in [0, 0.1) is 12.7 Å². The third-order valence-corrected chi connectivity index (χ3v) is 6.76. The monoisotopic (exact) mass is 398 g/mol. The highest BCUT2D eigenvalue weighted by atomic mass is 35.5. The van der Waals surface area contributed by atoms with Crippen LogP contribution >= 0.6 is 11.6 Å². The normalized spacial score (nSPS) is 15.9. The van der Waals surface area contributed by atoms with Crippen LogP contribution in [-0.4, -0.2) is 46.0 Å². The molecule has 26 heavy (non-hydrogen) atoms. The SMILES string of the molecule is COc1cc(F)ccc1N1CCN(S(=O)(=O)c2cc(Cl)ccc2C)CC1. The molecule has 2 aromatic carbocycles. The zero-order valence-electron chi connectivity index (χ0n) is 14.6. The summed E-state index contributed by atoms with van der Waals surface area (Å²) in [4.78, 5) is 2.23. The molecule has 0 spiro atoms. The molecule has 1 heterocycles. The molecule has 0 amide bonds. The van der Waals surface area contributed by atoms with Crippen LogP contribution in [0.25, 0.3) is 0 Å². The van der Waals surface area contributed by atoms with Gasteiger partial charge in [0.25, 0.3) is 0 Å². The third kappa shape index (κ3) is 3.65. The number of benzene rings is 2. The maximum atomic E-state index is 13.4. The van der Waals surface area contributed by atoms with E-state index in [0.29, 0.717) is 42.5 Å². The molecule has 1 saturated heterocycles. The number of ether oxygens (including phenoxy) is 1. The number of aryl methyl sites for hydroxylation is 1. The van der Waals surface area contributed by atoms with E-state index >= 15 is 0 Å². The number of halogens is 2. The fourth-order valence-corrected chi connectivity index (χ4v) is 4.98. The molecule has 140 valence electrons. The number of piperazine rings is 1. The van der Waals surface area contributed by atoms with Gasteiger partial charge in [-0.3, -0.25) is 0 Å². The van der Waals surface area contributed by atoms with Gasteiger partial charge in [0, 0.05) is 37.3 Å². The lowest BCUT2D eigenvalue weighted by Crippen LogP contribution is -2.48. The zero-order valence-corrected chi connectivity index (χ0v) is 16.1. The van der Waals surface area contributed by atoms with Crippen LogP contribution in [-0.2, 0) is 10.0 Å². The standard InChI is InChI=1S/C18H20ClFN2O3S/c1-13-3-4-14(19)11-18(13)26(23,24)22-9-7-21(8-10-22)16-6-5-15(20)12-17(16)25-2/h3-6,11-12H,7-10H2,1-2H3. The van der Waals surface area contributed by atoms with Crippen molar-refractivity contribution >= 4 is 27.3 Å². The van der Waals surface area contributed by atoms with Gasteiger partial charge >= 0.3 is 0 Å². The second kappa shape index (κ2) is 7.42. The molecule has 0 N–H and O–H groups in total. The Morgan fingerprint density at radius 3 is 2.42 bits per heavy atom. The van der Waals surface area contributed by atoms with E-state index in [2.05, 4.69) is 0 Å². The van der Waals surface area contributed by atoms with Crippen LogP contribution in [0.15, 0.2) is 41.3 Å². The van der Waals surface area contributed by atoms with Crippen molar-refractivity contribution in [3.63, 3.8) is 0 Å². The molecule has 2 aromatic rings. The van der Waals surface area contributed by atoms with Gasteiger partial charge < -0.3 is 9.64 Å². The molecule has 3 rings (SSSR count). The van der Waals surface area contributed by atoms with Gasteiger partial charge in [0.2, 0.25) is 10.0 Å². The number of rotatable bonds is 4. The maximum Gasteiger partial charge on any atom is 0.243 e. The minimum atomic E-state index is -3.61. The Morgan fingerprint density at radius 1 is 1.08 bits per heavy atom. The minimum Gasteiger partial charge on any atom is -0.494 e. The van der Waals surface area contributed by atoms with Crippen LogP contribution in [0.5, 0.6) is 5.75 Å². The van der Waals surface area contributed by atoms with Crippen molar-refractivity contribution in [3.05, 3.63) is 52.8 Å². The molecule has 0 aromatic heterocycles. The van der Waals surface area contributed by atoms with E-state index in [4.69, 9.17) is 16.3 Å². The highest BCUT2D eigenvalue weighted by Crippen LogP contribution is 2.31. The molecular formula is C18H20ClFN2O3S. The molecule has 5 nitrogen and oxygen atoms in total. The van der Waals surface area contributed by atoms with E-state index in [1.165, 1.54) is 29.6 Å². The quantitative estimate of drug-likeness (QED) is 0.792. The summed E-state index contributed by atoms with van der Waals surface area (Å²) in [7, 11) is -2.13. The number of hydrogen-bond donors (Lipinski definition) is 0. The predicted octanol–water partition coefficient (Wildman–Crippen LogP) is 3.31. The smallest absolute Gasteiger partial charge is 0.243 e.